The van der Waals surface area contributed by atoms with Gasteiger partial charge in [-0.25, -0.2) is 15.0 Å². The lowest BCUT2D eigenvalue weighted by molar-refractivity contribution is -0.125. The third-order valence-corrected chi connectivity index (χ3v) is 6.11. The summed E-state index contributed by atoms with van der Waals surface area (Å²) >= 11 is 0. The van der Waals surface area contributed by atoms with Crippen molar-refractivity contribution >= 4 is 22.9 Å². The second kappa shape index (κ2) is 11.7. The second-order valence-electron chi connectivity index (χ2n) is 8.64. The molecule has 186 valence electrons. The van der Waals surface area contributed by atoms with Crippen LogP contribution in [0.4, 0.5) is 5.82 Å². The maximum Gasteiger partial charge on any atom is 0.246 e. The highest BCUT2D eigenvalue weighted by molar-refractivity contribution is 5.88. The van der Waals surface area contributed by atoms with E-state index < -0.39 is 0 Å². The Balaban J connectivity index is 1.15. The number of fused-ring (bicyclic) bond motifs is 1. The van der Waals surface area contributed by atoms with Crippen LogP contribution in [-0.2, 0) is 9.53 Å². The first kappa shape index (κ1) is 23.8. The first-order valence-corrected chi connectivity index (χ1v) is 12.1. The summed E-state index contributed by atoms with van der Waals surface area (Å²) in [5.41, 5.74) is 1.23. The molecule has 1 aromatic carbocycles. The van der Waals surface area contributed by atoms with Crippen molar-refractivity contribution in [2.45, 2.75) is 12.5 Å². The van der Waals surface area contributed by atoms with Crippen molar-refractivity contribution in [2.75, 3.05) is 57.9 Å². The average molecular weight is 488 g/mol. The van der Waals surface area contributed by atoms with E-state index in [1.807, 2.05) is 41.3 Å². The first-order chi connectivity index (χ1) is 17.7. The molecule has 2 N–H and O–H groups in total. The summed E-state index contributed by atoms with van der Waals surface area (Å²) < 4.78 is 11.0. The van der Waals surface area contributed by atoms with Crippen molar-refractivity contribution in [3.8, 4) is 17.6 Å². The van der Waals surface area contributed by atoms with Gasteiger partial charge in [0.15, 0.2) is 22.8 Å². The number of hydrogen-bond acceptors (Lipinski definition) is 8. The largest absolute Gasteiger partial charge is 0.481 e. The van der Waals surface area contributed by atoms with Crippen LogP contribution in [0.5, 0.6) is 5.75 Å². The Morgan fingerprint density at radius 3 is 2.94 bits per heavy atom. The van der Waals surface area contributed by atoms with Crippen LogP contribution in [0.1, 0.15) is 12.2 Å². The molecule has 0 bridgehead atoms. The Kier molecular flexibility index (Phi) is 7.70. The second-order valence-corrected chi connectivity index (χ2v) is 8.64. The molecule has 2 fully saturated rings. The van der Waals surface area contributed by atoms with Crippen LogP contribution in [0.3, 0.4) is 0 Å². The number of nitrogens with one attached hydrogen (secondary N) is 2. The van der Waals surface area contributed by atoms with Gasteiger partial charge in [-0.2, -0.15) is 0 Å². The highest BCUT2D eigenvalue weighted by Gasteiger charge is 2.26. The number of anilines is 1. The summed E-state index contributed by atoms with van der Waals surface area (Å²) in [5, 5.41) is 3.43. The Morgan fingerprint density at radius 1 is 1.22 bits per heavy atom. The molecular formula is C26H29N7O3. The van der Waals surface area contributed by atoms with Gasteiger partial charge in [-0.15, -0.1) is 0 Å². The molecule has 0 aliphatic carbocycles. The zero-order valence-electron chi connectivity index (χ0n) is 20.0. The number of H-pyrrole nitrogens is 1. The summed E-state index contributed by atoms with van der Waals surface area (Å²) in [6, 6.07) is 9.62. The molecule has 10 nitrogen and oxygen atoms in total. The van der Waals surface area contributed by atoms with E-state index >= 15 is 0 Å². The molecule has 0 radical (unpaired) electrons. The van der Waals surface area contributed by atoms with Crippen molar-refractivity contribution in [3.05, 3.63) is 54.6 Å². The van der Waals surface area contributed by atoms with E-state index in [0.29, 0.717) is 35.9 Å². The van der Waals surface area contributed by atoms with Crippen molar-refractivity contribution in [1.82, 2.24) is 29.7 Å². The van der Waals surface area contributed by atoms with Crippen molar-refractivity contribution < 1.29 is 14.3 Å². The summed E-state index contributed by atoms with van der Waals surface area (Å²) in [4.78, 5) is 33.1. The molecule has 2 aromatic heterocycles. The highest BCUT2D eigenvalue weighted by atomic mass is 16.5. The van der Waals surface area contributed by atoms with Gasteiger partial charge in [-0.3, -0.25) is 9.69 Å². The summed E-state index contributed by atoms with van der Waals surface area (Å²) in [6.07, 6.45) is 5.95. The Bertz CT molecular complexity index is 1260. The Hall–Kier alpha value is -3.94. The third kappa shape index (κ3) is 6.19. The number of morpholine rings is 1. The molecule has 1 amide bonds. The predicted molar refractivity (Wildman–Crippen MR) is 136 cm³/mol. The van der Waals surface area contributed by atoms with Crippen LogP contribution in [0.15, 0.2) is 48.8 Å². The van der Waals surface area contributed by atoms with Gasteiger partial charge >= 0.3 is 0 Å². The van der Waals surface area contributed by atoms with Crippen LogP contribution in [0.25, 0.3) is 11.2 Å². The van der Waals surface area contributed by atoms with Gasteiger partial charge in [-0.1, -0.05) is 30.2 Å². The van der Waals surface area contributed by atoms with E-state index in [4.69, 9.17) is 9.47 Å². The van der Waals surface area contributed by atoms with Crippen LogP contribution in [-0.4, -0.2) is 94.2 Å². The quantitative estimate of drug-likeness (QED) is 0.383. The van der Waals surface area contributed by atoms with Gasteiger partial charge in [0, 0.05) is 44.8 Å². The predicted octanol–water partition coefficient (Wildman–Crippen LogP) is 1.68. The number of para-hydroxylation sites is 1. The number of carbonyl (C=O) groups excluding carboxylic acids is 1. The number of imidazole rings is 1. The van der Waals surface area contributed by atoms with E-state index in [-0.39, 0.29) is 18.6 Å². The van der Waals surface area contributed by atoms with Gasteiger partial charge in [0.2, 0.25) is 5.91 Å². The normalized spacial score (nSPS) is 18.3. The molecule has 2 aliphatic rings. The third-order valence-electron chi connectivity index (χ3n) is 6.11. The molecule has 4 heterocycles. The number of amides is 1. The fraction of sp³-hybridized carbons (Fsp3) is 0.385. The monoisotopic (exact) mass is 487 g/mol. The fourth-order valence-electron chi connectivity index (χ4n) is 4.21. The number of benzene rings is 1. The number of rotatable bonds is 7. The smallest absolute Gasteiger partial charge is 0.246 e. The van der Waals surface area contributed by atoms with Crippen molar-refractivity contribution in [1.29, 1.82) is 0 Å². The summed E-state index contributed by atoms with van der Waals surface area (Å²) in [7, 11) is 0. The standard InChI is InChI=1S/C26H29N7O3/c34-23(9-4-11-32-13-16-35-17-14-32)33-12-10-20(18-33)29-25-24-26(28-19-27-25)31-22(30-24)8-5-15-36-21-6-2-1-3-7-21/h1-4,6-7,9,19-20H,10-18H2,(H2,27,28,29,30,31)/b9-4+. The number of likely N-dealkylation sites (tertiary alicyclic amines) is 1. The molecule has 5 rings (SSSR count). The van der Waals surface area contributed by atoms with Crippen LogP contribution >= 0.6 is 0 Å². The maximum atomic E-state index is 12.6. The van der Waals surface area contributed by atoms with Gasteiger partial charge in [0.05, 0.1) is 13.2 Å². The molecule has 1 unspecified atom stereocenters. The minimum atomic E-state index is 0.0374. The molecule has 3 aromatic rings. The zero-order chi connectivity index (χ0) is 24.6. The van der Waals surface area contributed by atoms with E-state index in [1.54, 1.807) is 6.08 Å². The molecule has 1 atom stereocenters. The lowest BCUT2D eigenvalue weighted by Crippen LogP contribution is -2.36. The zero-order valence-corrected chi connectivity index (χ0v) is 20.0. The number of aromatic amines is 1. The van der Waals surface area contributed by atoms with Crippen LogP contribution < -0.4 is 10.1 Å². The minimum absolute atomic E-state index is 0.0374. The summed E-state index contributed by atoms with van der Waals surface area (Å²) in [5.74, 6) is 7.88. The number of nitrogens with zero attached hydrogens (tertiary/aromatic N) is 5. The van der Waals surface area contributed by atoms with Crippen LogP contribution in [0.2, 0.25) is 0 Å². The molecule has 0 spiro atoms. The van der Waals surface area contributed by atoms with Gasteiger partial charge in [-0.05, 0) is 24.5 Å². The lowest BCUT2D eigenvalue weighted by Gasteiger charge is -2.25. The molecule has 36 heavy (non-hydrogen) atoms. The SMILES string of the molecule is O=C(/C=C/CN1CCOCC1)N1CCC(Nc2ncnc3[nH]c(C#CCOc4ccccc4)nc23)C1. The first-order valence-electron chi connectivity index (χ1n) is 12.1. The van der Waals surface area contributed by atoms with Gasteiger partial charge in [0.1, 0.15) is 18.7 Å². The van der Waals surface area contributed by atoms with E-state index in [0.717, 1.165) is 45.0 Å². The average Bonchev–Trinajstić information content (AvgIpc) is 3.55. The van der Waals surface area contributed by atoms with Gasteiger partial charge in [0.25, 0.3) is 0 Å². The van der Waals surface area contributed by atoms with Crippen molar-refractivity contribution in [3.63, 3.8) is 0 Å². The van der Waals surface area contributed by atoms with E-state index in [1.165, 1.54) is 6.33 Å². The fourth-order valence-corrected chi connectivity index (χ4v) is 4.21. The van der Waals surface area contributed by atoms with Crippen LogP contribution in [0, 0.1) is 11.8 Å². The Morgan fingerprint density at radius 2 is 2.08 bits per heavy atom. The number of aromatic nitrogens is 4. The maximum absolute atomic E-state index is 12.6. The molecule has 2 aliphatic heterocycles. The molecular weight excluding hydrogens is 458 g/mol. The van der Waals surface area contributed by atoms with E-state index in [9.17, 15) is 4.79 Å². The van der Waals surface area contributed by atoms with Crippen molar-refractivity contribution in [2.24, 2.45) is 0 Å². The molecule has 10 heteroatoms. The molecule has 2 saturated heterocycles. The molecule has 0 saturated carbocycles. The minimum Gasteiger partial charge on any atom is -0.481 e. The van der Waals surface area contributed by atoms with E-state index in [2.05, 4.69) is 42.0 Å². The lowest BCUT2D eigenvalue weighted by atomic mass is 10.2. The van der Waals surface area contributed by atoms with Gasteiger partial charge < -0.3 is 24.7 Å². The number of ether oxygens (including phenoxy) is 2. The Labute approximate surface area is 209 Å². The number of carbonyl (C=O) groups is 1. The number of hydrogen-bond donors (Lipinski definition) is 2. The topological polar surface area (TPSA) is 108 Å². The summed E-state index contributed by atoms with van der Waals surface area (Å²) in [6.45, 7) is 5.66. The highest BCUT2D eigenvalue weighted by Crippen LogP contribution is 2.20.